The van der Waals surface area contributed by atoms with Gasteiger partial charge >= 0.3 is 12.2 Å². The van der Waals surface area contributed by atoms with Crippen molar-refractivity contribution in [2.75, 3.05) is 38.8 Å². The van der Waals surface area contributed by atoms with E-state index >= 15 is 0 Å². The van der Waals surface area contributed by atoms with E-state index < -0.39 is 33.6 Å². The van der Waals surface area contributed by atoms with Crippen LogP contribution in [0.3, 0.4) is 0 Å². The van der Waals surface area contributed by atoms with Crippen molar-refractivity contribution >= 4 is 44.6 Å². The lowest BCUT2D eigenvalue weighted by atomic mass is 9.90. The number of H-pyrrole nitrogens is 2. The Labute approximate surface area is 360 Å². The molecule has 16 nitrogen and oxygen atoms in total. The first-order valence-corrected chi connectivity index (χ1v) is 22.9. The standard InChI is InChI=1S/C45H52N8O8S/c1-27(2)38(50-43(56)60-3)41(54)52-19-5-7-36(52)39-47-26-35(49-39)33-16-15-31-23-30(13-14-32(31)24-33)28-9-11-29(12-10-28)34-25-46-40(48-34)37-8-6-20-53(37)42(55)45(51-44(57)61-4)17-21-62(58,59)22-18-45/h9-16,23-27,36-38H,5-8,17-22H2,1-4H3,(H,46,48)(H,47,49)(H,50,56)(H,51,57)/t36-,37-,38-/m0/s1. The molecule has 3 aliphatic rings. The average Bonchev–Trinajstić information content (AvgIpc) is 4.13. The summed E-state index contributed by atoms with van der Waals surface area (Å²) in [4.78, 5) is 71.8. The van der Waals surface area contributed by atoms with Gasteiger partial charge < -0.3 is 39.9 Å². The third kappa shape index (κ3) is 8.49. The first-order valence-electron chi connectivity index (χ1n) is 21.1. The maximum absolute atomic E-state index is 14.1. The van der Waals surface area contributed by atoms with E-state index in [-0.39, 0.29) is 54.2 Å². The van der Waals surface area contributed by atoms with Crippen molar-refractivity contribution < 1.29 is 37.1 Å². The normalized spacial score (nSPS) is 20.0. The lowest BCUT2D eigenvalue weighted by molar-refractivity contribution is -0.140. The second-order valence-electron chi connectivity index (χ2n) is 16.8. The Morgan fingerprint density at radius 1 is 0.726 bits per heavy atom. The highest BCUT2D eigenvalue weighted by Gasteiger charge is 2.49. The highest BCUT2D eigenvalue weighted by molar-refractivity contribution is 7.91. The minimum Gasteiger partial charge on any atom is -0.453 e. The van der Waals surface area contributed by atoms with Gasteiger partial charge in [0.25, 0.3) is 0 Å². The minimum atomic E-state index is -3.30. The summed E-state index contributed by atoms with van der Waals surface area (Å²) in [5.74, 6) is 0.373. The molecule has 5 aromatic rings. The van der Waals surface area contributed by atoms with Crippen molar-refractivity contribution in [3.8, 4) is 33.6 Å². The molecule has 0 unspecified atom stereocenters. The van der Waals surface area contributed by atoms with Gasteiger partial charge in [-0.05, 0) is 84.0 Å². The van der Waals surface area contributed by atoms with E-state index in [0.717, 1.165) is 63.7 Å². The maximum Gasteiger partial charge on any atom is 0.407 e. The fourth-order valence-electron chi connectivity index (χ4n) is 9.03. The summed E-state index contributed by atoms with van der Waals surface area (Å²) in [7, 11) is -0.799. The number of likely N-dealkylation sites (tertiary alicyclic amines) is 2. The number of rotatable bonds is 10. The molecule has 0 aliphatic carbocycles. The zero-order valence-electron chi connectivity index (χ0n) is 35.3. The summed E-state index contributed by atoms with van der Waals surface area (Å²) < 4.78 is 34.1. The highest BCUT2D eigenvalue weighted by Crippen LogP contribution is 2.38. The number of nitrogens with one attached hydrogen (secondary N) is 4. The van der Waals surface area contributed by atoms with Crippen molar-refractivity contribution in [1.82, 2.24) is 40.4 Å². The number of hydrogen-bond donors (Lipinski definition) is 4. The monoisotopic (exact) mass is 864 g/mol. The van der Waals surface area contributed by atoms with Crippen LogP contribution in [0.1, 0.15) is 76.1 Å². The van der Waals surface area contributed by atoms with Gasteiger partial charge in [-0.15, -0.1) is 0 Å². The summed E-state index contributed by atoms with van der Waals surface area (Å²) in [5, 5.41) is 7.53. The zero-order chi connectivity index (χ0) is 43.8. The molecule has 0 saturated carbocycles. The number of fused-ring (bicyclic) bond motifs is 1. The Morgan fingerprint density at radius 2 is 1.24 bits per heavy atom. The molecule has 0 spiro atoms. The smallest absolute Gasteiger partial charge is 0.407 e. The average molecular weight is 865 g/mol. The fraction of sp³-hybridized carbons (Fsp3) is 0.422. The van der Waals surface area contributed by atoms with E-state index in [1.54, 1.807) is 22.2 Å². The number of amides is 4. The van der Waals surface area contributed by atoms with Crippen LogP contribution in [-0.2, 0) is 28.9 Å². The number of aromatic nitrogens is 4. The molecule has 2 aromatic heterocycles. The number of methoxy groups -OCH3 is 2. The third-order valence-corrected chi connectivity index (χ3v) is 14.2. The molecule has 8 rings (SSSR count). The van der Waals surface area contributed by atoms with Gasteiger partial charge in [0.2, 0.25) is 11.8 Å². The Morgan fingerprint density at radius 3 is 1.84 bits per heavy atom. The van der Waals surface area contributed by atoms with Gasteiger partial charge in [0.05, 0.1) is 61.6 Å². The van der Waals surface area contributed by atoms with Gasteiger partial charge in [-0.1, -0.05) is 62.4 Å². The maximum atomic E-state index is 14.1. The van der Waals surface area contributed by atoms with Crippen LogP contribution in [0.5, 0.6) is 0 Å². The number of sulfone groups is 1. The fourth-order valence-corrected chi connectivity index (χ4v) is 10.6. The van der Waals surface area contributed by atoms with Gasteiger partial charge in [-0.3, -0.25) is 9.59 Å². The second kappa shape index (κ2) is 17.3. The molecule has 3 aromatic carbocycles. The minimum absolute atomic E-state index is 0.0160. The quantitative estimate of drug-likeness (QED) is 0.123. The van der Waals surface area contributed by atoms with Gasteiger partial charge in [-0.2, -0.15) is 0 Å². The molecular weight excluding hydrogens is 813 g/mol. The molecule has 62 heavy (non-hydrogen) atoms. The van der Waals surface area contributed by atoms with Gasteiger partial charge in [-0.25, -0.2) is 28.0 Å². The van der Waals surface area contributed by atoms with E-state index in [4.69, 9.17) is 14.5 Å². The van der Waals surface area contributed by atoms with Crippen LogP contribution < -0.4 is 10.6 Å². The molecule has 3 fully saturated rings. The molecule has 0 radical (unpaired) electrons. The van der Waals surface area contributed by atoms with Crippen molar-refractivity contribution in [3.63, 3.8) is 0 Å². The largest absolute Gasteiger partial charge is 0.453 e. The van der Waals surface area contributed by atoms with Crippen molar-refractivity contribution in [1.29, 1.82) is 0 Å². The number of aromatic amines is 2. The Kier molecular flexibility index (Phi) is 11.8. The van der Waals surface area contributed by atoms with E-state index in [0.29, 0.717) is 31.2 Å². The van der Waals surface area contributed by atoms with Crippen LogP contribution in [0, 0.1) is 5.92 Å². The number of nitrogens with zero attached hydrogens (tertiary/aromatic N) is 4. The number of benzene rings is 3. The van der Waals surface area contributed by atoms with Gasteiger partial charge in [0, 0.05) is 18.7 Å². The summed E-state index contributed by atoms with van der Waals surface area (Å²) in [6, 6.07) is 19.5. The Balaban J connectivity index is 0.943. The number of imidazole rings is 2. The topological polar surface area (TPSA) is 209 Å². The molecule has 4 N–H and O–H groups in total. The van der Waals surface area contributed by atoms with E-state index in [2.05, 4.69) is 74.1 Å². The van der Waals surface area contributed by atoms with Crippen LogP contribution >= 0.6 is 0 Å². The van der Waals surface area contributed by atoms with Gasteiger partial charge in [0.15, 0.2) is 9.84 Å². The van der Waals surface area contributed by atoms with Crippen LogP contribution in [0.4, 0.5) is 9.59 Å². The number of ether oxygens (including phenoxy) is 2. The summed E-state index contributed by atoms with van der Waals surface area (Å²) in [6.07, 6.45) is 5.15. The lowest BCUT2D eigenvalue weighted by Gasteiger charge is -2.40. The predicted molar refractivity (Wildman–Crippen MR) is 232 cm³/mol. The van der Waals surface area contributed by atoms with Crippen molar-refractivity contribution in [2.24, 2.45) is 5.92 Å². The first-order chi connectivity index (χ1) is 29.8. The SMILES string of the molecule is COC(=O)N[C@H](C(=O)N1CCC[C@H]1c1ncc(-c2ccc3cc(-c4ccc(-c5cnc([C@@H]6CCCN6C(=O)C6(NC(=O)OC)CCS(=O)(=O)CC6)[nH]5)cc4)ccc3c2)[nH]1)C(C)C. The number of alkyl carbamates (subject to hydrolysis) is 2. The molecule has 17 heteroatoms. The van der Waals surface area contributed by atoms with Crippen LogP contribution in [0.25, 0.3) is 44.4 Å². The molecule has 5 heterocycles. The molecule has 326 valence electrons. The lowest BCUT2D eigenvalue weighted by Crippen LogP contribution is -2.62. The summed E-state index contributed by atoms with van der Waals surface area (Å²) >= 11 is 0. The summed E-state index contributed by atoms with van der Waals surface area (Å²) in [5.41, 5.74) is 4.29. The molecule has 3 saturated heterocycles. The third-order valence-electron chi connectivity index (χ3n) is 12.6. The molecule has 3 atom stereocenters. The number of hydrogen-bond acceptors (Lipinski definition) is 10. The Hall–Kier alpha value is -6.23. The van der Waals surface area contributed by atoms with E-state index in [9.17, 15) is 27.6 Å². The second-order valence-corrected chi connectivity index (χ2v) is 19.1. The highest BCUT2D eigenvalue weighted by atomic mass is 32.2. The predicted octanol–water partition coefficient (Wildman–Crippen LogP) is 6.30. The Bertz CT molecular complexity index is 2590. The van der Waals surface area contributed by atoms with Crippen LogP contribution in [0.15, 0.2) is 73.1 Å². The van der Waals surface area contributed by atoms with Crippen molar-refractivity contribution in [2.45, 2.75) is 76.0 Å². The van der Waals surface area contributed by atoms with Gasteiger partial charge in [0.1, 0.15) is 23.2 Å². The first kappa shape index (κ1) is 42.5. The van der Waals surface area contributed by atoms with Crippen LogP contribution in [-0.4, -0.2) is 113 Å². The molecular formula is C45H52N8O8S. The zero-order valence-corrected chi connectivity index (χ0v) is 36.1. The summed E-state index contributed by atoms with van der Waals surface area (Å²) in [6.45, 7) is 4.84. The molecule has 3 aliphatic heterocycles. The molecule has 0 bridgehead atoms. The van der Waals surface area contributed by atoms with E-state index in [1.807, 2.05) is 26.0 Å². The van der Waals surface area contributed by atoms with Crippen molar-refractivity contribution in [3.05, 3.63) is 84.7 Å². The van der Waals surface area contributed by atoms with E-state index in [1.165, 1.54) is 14.2 Å². The number of carbonyl (C=O) groups is 4. The number of carbonyl (C=O) groups excluding carboxylic acids is 4. The molecule has 4 amide bonds. The van der Waals surface area contributed by atoms with Crippen LogP contribution in [0.2, 0.25) is 0 Å².